The van der Waals surface area contributed by atoms with Gasteiger partial charge in [-0.3, -0.25) is 4.84 Å². The Morgan fingerprint density at radius 2 is 1.47 bits per heavy atom. The van der Waals surface area contributed by atoms with Crippen molar-refractivity contribution in [3.05, 3.63) is 59.7 Å². The average molecular weight is 255 g/mol. The highest BCUT2D eigenvalue weighted by molar-refractivity contribution is 5.78. The number of hydrogen-bond acceptors (Lipinski definition) is 3. The molecule has 1 aliphatic carbocycles. The molecule has 19 heavy (non-hydrogen) atoms. The largest absolute Gasteiger partial charge is 0.382 e. The van der Waals surface area contributed by atoms with Crippen LogP contribution in [-0.4, -0.2) is 20.3 Å². The monoisotopic (exact) mass is 255 g/mol. The Kier molecular flexibility index (Phi) is 3.60. The van der Waals surface area contributed by atoms with Crippen molar-refractivity contribution in [3.63, 3.8) is 0 Å². The van der Waals surface area contributed by atoms with Crippen molar-refractivity contribution in [3.8, 4) is 11.1 Å². The third kappa shape index (κ3) is 2.28. The molecule has 3 rings (SSSR count). The Morgan fingerprint density at radius 1 is 0.895 bits per heavy atom. The minimum atomic E-state index is 0.101. The highest BCUT2D eigenvalue weighted by Gasteiger charge is 2.27. The van der Waals surface area contributed by atoms with E-state index in [0.717, 1.165) is 0 Å². The average Bonchev–Trinajstić information content (AvgIpc) is 2.78. The van der Waals surface area contributed by atoms with Gasteiger partial charge in [0, 0.05) is 7.11 Å². The van der Waals surface area contributed by atoms with Crippen molar-refractivity contribution in [2.75, 3.05) is 20.3 Å². The molecular weight excluding hydrogens is 238 g/mol. The molecule has 0 saturated carbocycles. The lowest BCUT2D eigenvalue weighted by Crippen LogP contribution is -2.23. The summed E-state index contributed by atoms with van der Waals surface area (Å²) in [6.07, 6.45) is 0. The molecule has 3 heteroatoms. The molecule has 0 atom stereocenters. The molecule has 1 N–H and O–H groups in total. The van der Waals surface area contributed by atoms with E-state index in [-0.39, 0.29) is 6.04 Å². The summed E-state index contributed by atoms with van der Waals surface area (Å²) in [6.45, 7) is 1.13. The van der Waals surface area contributed by atoms with Crippen molar-refractivity contribution >= 4 is 0 Å². The molecule has 0 amide bonds. The molecule has 0 fully saturated rings. The van der Waals surface area contributed by atoms with Gasteiger partial charge in [-0.1, -0.05) is 48.5 Å². The van der Waals surface area contributed by atoms with E-state index >= 15 is 0 Å². The van der Waals surface area contributed by atoms with Gasteiger partial charge in [0.1, 0.15) is 0 Å². The van der Waals surface area contributed by atoms with Crippen molar-refractivity contribution in [1.29, 1.82) is 0 Å². The van der Waals surface area contributed by atoms with Crippen LogP contribution in [0.3, 0.4) is 0 Å². The summed E-state index contributed by atoms with van der Waals surface area (Å²) in [5.74, 6) is 0. The van der Waals surface area contributed by atoms with Crippen LogP contribution < -0.4 is 5.48 Å². The van der Waals surface area contributed by atoms with E-state index in [1.54, 1.807) is 7.11 Å². The molecule has 98 valence electrons. The van der Waals surface area contributed by atoms with Gasteiger partial charge < -0.3 is 4.74 Å². The fourth-order valence-electron chi connectivity index (χ4n) is 2.55. The SMILES string of the molecule is COCCONC1c2ccccc2-c2ccccc21. The van der Waals surface area contributed by atoms with Crippen LogP contribution in [0.4, 0.5) is 0 Å². The number of rotatable bonds is 5. The van der Waals surface area contributed by atoms with Crippen LogP contribution in [0.5, 0.6) is 0 Å². The molecule has 0 radical (unpaired) electrons. The second-order valence-electron chi connectivity index (χ2n) is 4.57. The Balaban J connectivity index is 1.87. The van der Waals surface area contributed by atoms with E-state index in [1.165, 1.54) is 22.3 Å². The van der Waals surface area contributed by atoms with Gasteiger partial charge in [0.25, 0.3) is 0 Å². The quantitative estimate of drug-likeness (QED) is 0.658. The standard InChI is InChI=1S/C16H17NO2/c1-18-10-11-19-17-16-14-8-4-2-6-12(14)13-7-3-5-9-15(13)16/h2-9,16-17H,10-11H2,1H3. The summed E-state index contributed by atoms with van der Waals surface area (Å²) >= 11 is 0. The van der Waals surface area contributed by atoms with Crippen molar-refractivity contribution in [1.82, 2.24) is 5.48 Å². The highest BCUT2D eigenvalue weighted by atomic mass is 16.7. The lowest BCUT2D eigenvalue weighted by Gasteiger charge is -2.15. The zero-order chi connectivity index (χ0) is 13.1. The Morgan fingerprint density at radius 3 is 2.05 bits per heavy atom. The molecule has 1 aliphatic rings. The maximum Gasteiger partial charge on any atom is 0.0916 e. The molecule has 0 aliphatic heterocycles. The second-order valence-corrected chi connectivity index (χ2v) is 4.57. The summed E-state index contributed by atoms with van der Waals surface area (Å²) in [6, 6.07) is 17.0. The first-order valence-electron chi connectivity index (χ1n) is 6.46. The third-order valence-electron chi connectivity index (χ3n) is 3.42. The fourth-order valence-corrected chi connectivity index (χ4v) is 2.55. The minimum absolute atomic E-state index is 0.101. The number of methoxy groups -OCH3 is 1. The molecule has 2 aromatic carbocycles. The van der Waals surface area contributed by atoms with E-state index in [1.807, 2.05) is 0 Å². The Labute approximate surface area is 113 Å². The van der Waals surface area contributed by atoms with Gasteiger partial charge in [0.2, 0.25) is 0 Å². The molecule has 0 bridgehead atoms. The van der Waals surface area contributed by atoms with Gasteiger partial charge in [-0.25, -0.2) is 0 Å². The van der Waals surface area contributed by atoms with Gasteiger partial charge in [-0.15, -0.1) is 0 Å². The minimum Gasteiger partial charge on any atom is -0.382 e. The van der Waals surface area contributed by atoms with Crippen LogP contribution in [0.2, 0.25) is 0 Å². The van der Waals surface area contributed by atoms with Crippen LogP contribution in [-0.2, 0) is 9.57 Å². The van der Waals surface area contributed by atoms with E-state index in [2.05, 4.69) is 54.0 Å². The van der Waals surface area contributed by atoms with Gasteiger partial charge in [-0.2, -0.15) is 5.48 Å². The molecule has 0 spiro atoms. The number of hydrogen-bond donors (Lipinski definition) is 1. The number of benzene rings is 2. The van der Waals surface area contributed by atoms with E-state index in [0.29, 0.717) is 13.2 Å². The summed E-state index contributed by atoms with van der Waals surface area (Å²) in [4.78, 5) is 5.50. The van der Waals surface area contributed by atoms with Gasteiger partial charge in [-0.05, 0) is 22.3 Å². The molecule has 2 aromatic rings. The smallest absolute Gasteiger partial charge is 0.0916 e. The summed E-state index contributed by atoms with van der Waals surface area (Å²) < 4.78 is 4.98. The normalized spacial score (nSPS) is 13.3. The van der Waals surface area contributed by atoms with Gasteiger partial charge in [0.05, 0.1) is 19.3 Å². The summed E-state index contributed by atoms with van der Waals surface area (Å²) in [5.41, 5.74) is 8.25. The van der Waals surface area contributed by atoms with Gasteiger partial charge in [0.15, 0.2) is 0 Å². The van der Waals surface area contributed by atoms with Gasteiger partial charge >= 0.3 is 0 Å². The molecule has 0 heterocycles. The first-order valence-corrected chi connectivity index (χ1v) is 6.46. The number of hydroxylamine groups is 1. The van der Waals surface area contributed by atoms with Crippen LogP contribution in [0.25, 0.3) is 11.1 Å². The summed E-state index contributed by atoms with van der Waals surface area (Å²) in [7, 11) is 1.67. The van der Waals surface area contributed by atoms with E-state index < -0.39 is 0 Å². The number of fused-ring (bicyclic) bond motifs is 3. The topological polar surface area (TPSA) is 30.5 Å². The van der Waals surface area contributed by atoms with Crippen molar-refractivity contribution in [2.45, 2.75) is 6.04 Å². The van der Waals surface area contributed by atoms with Crippen LogP contribution in [0, 0.1) is 0 Å². The maximum absolute atomic E-state index is 5.50. The molecule has 3 nitrogen and oxygen atoms in total. The predicted molar refractivity (Wildman–Crippen MR) is 74.7 cm³/mol. The van der Waals surface area contributed by atoms with Crippen LogP contribution in [0.15, 0.2) is 48.5 Å². The number of nitrogens with one attached hydrogen (secondary N) is 1. The Bertz CT molecular complexity index is 523. The zero-order valence-electron chi connectivity index (χ0n) is 10.9. The second kappa shape index (κ2) is 5.53. The Hall–Kier alpha value is -1.68. The third-order valence-corrected chi connectivity index (χ3v) is 3.42. The van der Waals surface area contributed by atoms with Crippen LogP contribution >= 0.6 is 0 Å². The maximum atomic E-state index is 5.50. The molecule has 0 saturated heterocycles. The van der Waals surface area contributed by atoms with Crippen molar-refractivity contribution in [2.24, 2.45) is 0 Å². The molecule has 0 aromatic heterocycles. The first-order chi connectivity index (χ1) is 9.42. The lowest BCUT2D eigenvalue weighted by molar-refractivity contribution is -0.00505. The lowest BCUT2D eigenvalue weighted by atomic mass is 10.1. The molecule has 0 unspecified atom stereocenters. The zero-order valence-corrected chi connectivity index (χ0v) is 10.9. The first kappa shape index (κ1) is 12.4. The van der Waals surface area contributed by atoms with Crippen LogP contribution in [0.1, 0.15) is 17.2 Å². The van der Waals surface area contributed by atoms with Crippen molar-refractivity contribution < 1.29 is 9.57 Å². The van der Waals surface area contributed by atoms with E-state index in [9.17, 15) is 0 Å². The van der Waals surface area contributed by atoms with E-state index in [4.69, 9.17) is 9.57 Å². The highest BCUT2D eigenvalue weighted by Crippen LogP contribution is 2.42. The molecular formula is C16H17NO2. The summed E-state index contributed by atoms with van der Waals surface area (Å²) in [5, 5.41) is 0. The number of ether oxygens (including phenoxy) is 1. The fraction of sp³-hybridized carbons (Fsp3) is 0.250. The predicted octanol–water partition coefficient (Wildman–Crippen LogP) is 2.92.